The molecule has 1 fully saturated rings. The molecule has 22 heavy (non-hydrogen) atoms. The number of rotatable bonds is 6. The van der Waals surface area contributed by atoms with Gasteiger partial charge in [0.25, 0.3) is 0 Å². The fourth-order valence-electron chi connectivity index (χ4n) is 2.91. The van der Waals surface area contributed by atoms with Crippen LogP contribution in [0.3, 0.4) is 0 Å². The van der Waals surface area contributed by atoms with Crippen molar-refractivity contribution in [2.75, 3.05) is 26.3 Å². The summed E-state index contributed by atoms with van der Waals surface area (Å²) in [6.45, 7) is 6.34. The number of aryl methyl sites for hydroxylation is 1. The minimum Gasteiger partial charge on any atom is -0.396 e. The molecule has 2 rings (SSSR count). The largest absolute Gasteiger partial charge is 0.396 e. The molecule has 4 nitrogen and oxygen atoms in total. The monoisotopic (exact) mass is 305 g/mol. The van der Waals surface area contributed by atoms with Gasteiger partial charge in [0.15, 0.2) is 0 Å². The zero-order chi connectivity index (χ0) is 15.9. The van der Waals surface area contributed by atoms with E-state index in [0.717, 1.165) is 31.5 Å². The molecule has 0 radical (unpaired) electrons. The van der Waals surface area contributed by atoms with Gasteiger partial charge >= 0.3 is 0 Å². The topological polar surface area (TPSA) is 49.8 Å². The average Bonchev–Trinajstić information content (AvgIpc) is 2.54. The molecule has 1 amide bonds. The number of aliphatic hydroxyl groups is 1. The summed E-state index contributed by atoms with van der Waals surface area (Å²) in [6.07, 6.45) is 2.68. The molecule has 0 aliphatic carbocycles. The van der Waals surface area contributed by atoms with Gasteiger partial charge in [-0.15, -0.1) is 0 Å². The zero-order valence-corrected chi connectivity index (χ0v) is 13.6. The molecule has 0 bridgehead atoms. The lowest BCUT2D eigenvalue weighted by Gasteiger charge is -2.33. The van der Waals surface area contributed by atoms with Gasteiger partial charge in [-0.1, -0.05) is 29.8 Å². The average molecular weight is 305 g/mol. The molecule has 122 valence electrons. The lowest BCUT2D eigenvalue weighted by Crippen LogP contribution is -2.42. The normalized spacial score (nSPS) is 17.5. The molecule has 1 heterocycles. The molecule has 1 N–H and O–H groups in total. The second kappa shape index (κ2) is 8.30. The molecular weight excluding hydrogens is 278 g/mol. The van der Waals surface area contributed by atoms with E-state index in [-0.39, 0.29) is 24.5 Å². The summed E-state index contributed by atoms with van der Waals surface area (Å²) in [5.74, 6) is 0.117. The summed E-state index contributed by atoms with van der Waals surface area (Å²) in [4.78, 5) is 14.6. The van der Waals surface area contributed by atoms with E-state index in [1.165, 1.54) is 5.56 Å². The van der Waals surface area contributed by atoms with E-state index in [0.29, 0.717) is 13.0 Å². The second-order valence-electron chi connectivity index (χ2n) is 6.11. The number of nitrogens with zero attached hydrogens (tertiary/aromatic N) is 1. The van der Waals surface area contributed by atoms with Crippen molar-refractivity contribution < 1.29 is 14.6 Å². The highest BCUT2D eigenvalue weighted by molar-refractivity contribution is 5.83. The Bertz CT molecular complexity index is 481. The SMILES string of the molecule is Cc1cccc(C(C)C(=O)N2CCC(OCCCO)CC2)c1. The number of aliphatic hydroxyl groups excluding tert-OH is 1. The van der Waals surface area contributed by atoms with Crippen LogP contribution in [0.25, 0.3) is 0 Å². The first-order valence-electron chi connectivity index (χ1n) is 8.19. The van der Waals surface area contributed by atoms with Crippen LogP contribution < -0.4 is 0 Å². The Morgan fingerprint density at radius 1 is 1.41 bits per heavy atom. The maximum Gasteiger partial charge on any atom is 0.229 e. The summed E-state index contributed by atoms with van der Waals surface area (Å²) >= 11 is 0. The third-order valence-corrected chi connectivity index (χ3v) is 4.32. The molecule has 1 unspecified atom stereocenters. The van der Waals surface area contributed by atoms with Gasteiger partial charge in [-0.3, -0.25) is 4.79 Å². The third kappa shape index (κ3) is 4.55. The van der Waals surface area contributed by atoms with Crippen LogP contribution >= 0.6 is 0 Å². The van der Waals surface area contributed by atoms with Crippen molar-refractivity contribution in [3.63, 3.8) is 0 Å². The summed E-state index contributed by atoms with van der Waals surface area (Å²) in [7, 11) is 0. The summed E-state index contributed by atoms with van der Waals surface area (Å²) in [6, 6.07) is 8.18. The standard InChI is InChI=1S/C18H27NO3/c1-14-5-3-6-16(13-14)15(2)18(21)19-9-7-17(8-10-19)22-12-4-11-20/h3,5-6,13,15,17,20H,4,7-12H2,1-2H3. The maximum absolute atomic E-state index is 12.6. The Balaban J connectivity index is 1.84. The second-order valence-corrected chi connectivity index (χ2v) is 6.11. The van der Waals surface area contributed by atoms with Crippen LogP contribution in [0.15, 0.2) is 24.3 Å². The van der Waals surface area contributed by atoms with E-state index >= 15 is 0 Å². The lowest BCUT2D eigenvalue weighted by molar-refractivity contribution is -0.135. The maximum atomic E-state index is 12.6. The van der Waals surface area contributed by atoms with Gasteiger partial charge in [0.1, 0.15) is 0 Å². The fraction of sp³-hybridized carbons (Fsp3) is 0.611. The predicted molar refractivity (Wildman–Crippen MR) is 86.9 cm³/mol. The highest BCUT2D eigenvalue weighted by Gasteiger charge is 2.27. The van der Waals surface area contributed by atoms with Crippen LogP contribution in [-0.4, -0.2) is 48.3 Å². The van der Waals surface area contributed by atoms with E-state index in [4.69, 9.17) is 9.84 Å². The first kappa shape index (κ1) is 17.0. The quantitative estimate of drug-likeness (QED) is 0.822. The molecule has 4 heteroatoms. The molecule has 0 spiro atoms. The molecule has 1 aromatic rings. The van der Waals surface area contributed by atoms with Crippen molar-refractivity contribution in [2.24, 2.45) is 0 Å². The molecular formula is C18H27NO3. The number of piperidine rings is 1. The Morgan fingerprint density at radius 2 is 2.14 bits per heavy atom. The van der Waals surface area contributed by atoms with E-state index in [1.54, 1.807) is 0 Å². The number of carbonyl (C=O) groups excluding carboxylic acids is 1. The van der Waals surface area contributed by atoms with E-state index in [9.17, 15) is 4.79 Å². The number of hydrogen-bond acceptors (Lipinski definition) is 3. The fourth-order valence-corrected chi connectivity index (χ4v) is 2.91. The minimum absolute atomic E-state index is 0.0910. The van der Waals surface area contributed by atoms with E-state index in [1.807, 2.05) is 24.0 Å². The number of amides is 1. The van der Waals surface area contributed by atoms with Crippen molar-refractivity contribution in [3.8, 4) is 0 Å². The molecule has 0 aromatic heterocycles. The van der Waals surface area contributed by atoms with Crippen molar-refractivity contribution in [1.29, 1.82) is 0 Å². The smallest absolute Gasteiger partial charge is 0.229 e. The Kier molecular flexibility index (Phi) is 6.40. The molecule has 1 aliphatic heterocycles. The molecule has 0 saturated carbocycles. The van der Waals surface area contributed by atoms with Crippen LogP contribution in [-0.2, 0) is 9.53 Å². The Hall–Kier alpha value is -1.39. The molecule has 1 atom stereocenters. The predicted octanol–water partition coefficient (Wildman–Crippen LogP) is 2.49. The molecule has 1 saturated heterocycles. The van der Waals surface area contributed by atoms with Crippen LogP contribution in [0.4, 0.5) is 0 Å². The number of carbonyl (C=O) groups is 1. The first-order chi connectivity index (χ1) is 10.6. The number of hydrogen-bond donors (Lipinski definition) is 1. The molecule has 1 aromatic carbocycles. The van der Waals surface area contributed by atoms with Gasteiger partial charge in [0.2, 0.25) is 5.91 Å². The summed E-state index contributed by atoms with van der Waals surface area (Å²) in [5.41, 5.74) is 2.28. The van der Waals surface area contributed by atoms with Crippen LogP contribution in [0.1, 0.15) is 43.2 Å². The molecule has 1 aliphatic rings. The summed E-state index contributed by atoms with van der Waals surface area (Å²) < 4.78 is 5.71. The van der Waals surface area contributed by atoms with Gasteiger partial charge in [-0.05, 0) is 38.7 Å². The van der Waals surface area contributed by atoms with Crippen molar-refractivity contribution >= 4 is 5.91 Å². The van der Waals surface area contributed by atoms with Crippen LogP contribution in [0.5, 0.6) is 0 Å². The van der Waals surface area contributed by atoms with Gasteiger partial charge in [0.05, 0.1) is 12.0 Å². The number of ether oxygens (including phenoxy) is 1. The number of benzene rings is 1. The van der Waals surface area contributed by atoms with E-state index in [2.05, 4.69) is 19.1 Å². The highest BCUT2D eigenvalue weighted by Crippen LogP contribution is 2.22. The van der Waals surface area contributed by atoms with Crippen LogP contribution in [0.2, 0.25) is 0 Å². The lowest BCUT2D eigenvalue weighted by atomic mass is 9.96. The number of likely N-dealkylation sites (tertiary alicyclic amines) is 1. The van der Waals surface area contributed by atoms with Crippen molar-refractivity contribution in [3.05, 3.63) is 35.4 Å². The van der Waals surface area contributed by atoms with Crippen molar-refractivity contribution in [1.82, 2.24) is 4.90 Å². The van der Waals surface area contributed by atoms with Crippen LogP contribution in [0, 0.1) is 6.92 Å². The Morgan fingerprint density at radius 3 is 2.77 bits per heavy atom. The van der Waals surface area contributed by atoms with Crippen molar-refractivity contribution in [2.45, 2.75) is 45.1 Å². The van der Waals surface area contributed by atoms with Gasteiger partial charge < -0.3 is 14.7 Å². The third-order valence-electron chi connectivity index (χ3n) is 4.32. The zero-order valence-electron chi connectivity index (χ0n) is 13.6. The van der Waals surface area contributed by atoms with Gasteiger partial charge in [-0.25, -0.2) is 0 Å². The summed E-state index contributed by atoms with van der Waals surface area (Å²) in [5, 5.41) is 8.77. The van der Waals surface area contributed by atoms with E-state index < -0.39 is 0 Å². The van der Waals surface area contributed by atoms with Gasteiger partial charge in [0, 0.05) is 26.3 Å². The Labute approximate surface area is 133 Å². The van der Waals surface area contributed by atoms with Gasteiger partial charge in [-0.2, -0.15) is 0 Å². The minimum atomic E-state index is -0.0910. The first-order valence-corrected chi connectivity index (χ1v) is 8.19. The highest BCUT2D eigenvalue weighted by atomic mass is 16.5.